The largest absolute Gasteiger partial charge is 0.467 e. The van der Waals surface area contributed by atoms with Crippen LogP contribution in [0.25, 0.3) is 0 Å². The molecule has 2 aromatic rings. The van der Waals surface area contributed by atoms with E-state index in [2.05, 4.69) is 16.0 Å². The number of para-hydroxylation sites is 1. The van der Waals surface area contributed by atoms with Gasteiger partial charge in [0.05, 0.1) is 37.1 Å². The van der Waals surface area contributed by atoms with Crippen LogP contribution < -0.4 is 16.0 Å². The number of amides is 4. The average molecular weight is 467 g/mol. The summed E-state index contributed by atoms with van der Waals surface area (Å²) in [5.41, 5.74) is -1.18. The Bertz CT molecular complexity index is 957. The van der Waals surface area contributed by atoms with Crippen molar-refractivity contribution in [2.45, 2.75) is 12.7 Å². The second-order valence-corrected chi connectivity index (χ2v) is 7.45. The van der Waals surface area contributed by atoms with Crippen molar-refractivity contribution in [1.82, 2.24) is 20.4 Å². The summed E-state index contributed by atoms with van der Waals surface area (Å²) in [5, 5.41) is 7.07. The second-order valence-electron chi connectivity index (χ2n) is 7.45. The van der Waals surface area contributed by atoms with E-state index in [9.17, 15) is 27.6 Å². The lowest BCUT2D eigenvalue weighted by atomic mass is 10.1. The zero-order valence-corrected chi connectivity index (χ0v) is 17.7. The first-order chi connectivity index (χ1) is 15.7. The summed E-state index contributed by atoms with van der Waals surface area (Å²) in [6, 6.07) is 7.55. The van der Waals surface area contributed by atoms with Gasteiger partial charge in [-0.2, -0.15) is 13.2 Å². The Morgan fingerprint density at radius 1 is 0.909 bits per heavy atom. The van der Waals surface area contributed by atoms with Crippen molar-refractivity contribution in [1.29, 1.82) is 0 Å². The quantitative estimate of drug-likeness (QED) is 0.574. The third-order valence-electron chi connectivity index (χ3n) is 4.96. The average Bonchev–Trinajstić information content (AvgIpc) is 3.27. The Kier molecular flexibility index (Phi) is 8.06. The summed E-state index contributed by atoms with van der Waals surface area (Å²) in [5.74, 6) is -0.465. The van der Waals surface area contributed by atoms with E-state index in [4.69, 9.17) is 4.42 Å². The molecule has 178 valence electrons. The van der Waals surface area contributed by atoms with Crippen molar-refractivity contribution in [3.05, 3.63) is 54.0 Å². The number of benzene rings is 1. The predicted molar refractivity (Wildman–Crippen MR) is 112 cm³/mol. The van der Waals surface area contributed by atoms with Crippen molar-refractivity contribution >= 4 is 23.5 Å². The molecule has 3 rings (SSSR count). The maximum atomic E-state index is 13.1. The van der Waals surface area contributed by atoms with Gasteiger partial charge in [0, 0.05) is 26.2 Å². The van der Waals surface area contributed by atoms with E-state index in [-0.39, 0.29) is 25.3 Å². The maximum absolute atomic E-state index is 13.1. The third-order valence-corrected chi connectivity index (χ3v) is 4.96. The zero-order chi connectivity index (χ0) is 23.8. The van der Waals surface area contributed by atoms with Gasteiger partial charge in [-0.05, 0) is 24.3 Å². The molecule has 4 amide bonds. The normalized spacial score (nSPS) is 15.1. The molecule has 3 N–H and O–H groups in total. The molecule has 1 aromatic heterocycles. The minimum Gasteiger partial charge on any atom is -0.467 e. The number of carbonyl (C=O) groups is 3. The third kappa shape index (κ3) is 7.61. The first kappa shape index (κ1) is 24.3. The fraction of sp³-hybridized carbons (Fsp3) is 0.381. The Balaban J connectivity index is 1.37. The first-order valence-corrected chi connectivity index (χ1v) is 10.2. The lowest BCUT2D eigenvalue weighted by Gasteiger charge is -2.33. The van der Waals surface area contributed by atoms with E-state index in [1.54, 1.807) is 17.0 Å². The fourth-order valence-electron chi connectivity index (χ4n) is 3.33. The van der Waals surface area contributed by atoms with Crippen LogP contribution in [0, 0.1) is 0 Å². The number of rotatable bonds is 7. The topological polar surface area (TPSA) is 107 Å². The predicted octanol–water partition coefficient (Wildman–Crippen LogP) is 1.88. The Hall–Kier alpha value is -3.38. The molecule has 33 heavy (non-hydrogen) atoms. The molecule has 0 saturated carbocycles. The van der Waals surface area contributed by atoms with Gasteiger partial charge in [-0.3, -0.25) is 24.7 Å². The zero-order valence-electron chi connectivity index (χ0n) is 17.7. The highest BCUT2D eigenvalue weighted by atomic mass is 19.4. The van der Waals surface area contributed by atoms with Crippen LogP contribution in [-0.4, -0.2) is 66.9 Å². The Labute approximate surface area is 187 Å². The van der Waals surface area contributed by atoms with Crippen LogP contribution >= 0.6 is 0 Å². The molecule has 2 heterocycles. The number of hydrogen-bond acceptors (Lipinski definition) is 6. The summed E-state index contributed by atoms with van der Waals surface area (Å²) in [4.78, 5) is 39.7. The van der Waals surface area contributed by atoms with Crippen LogP contribution in [0.3, 0.4) is 0 Å². The van der Waals surface area contributed by atoms with Gasteiger partial charge < -0.3 is 15.1 Å². The van der Waals surface area contributed by atoms with Crippen LogP contribution in [0.15, 0.2) is 47.1 Å². The molecule has 0 aliphatic carbocycles. The van der Waals surface area contributed by atoms with E-state index in [0.29, 0.717) is 31.9 Å². The van der Waals surface area contributed by atoms with Crippen LogP contribution in [0.4, 0.5) is 23.7 Å². The highest BCUT2D eigenvalue weighted by Gasteiger charge is 2.33. The van der Waals surface area contributed by atoms with Gasteiger partial charge in [-0.15, -0.1) is 0 Å². The number of furan rings is 1. The Morgan fingerprint density at radius 3 is 2.15 bits per heavy atom. The summed E-state index contributed by atoms with van der Waals surface area (Å²) in [7, 11) is 0. The van der Waals surface area contributed by atoms with Gasteiger partial charge in [0.25, 0.3) is 0 Å². The lowest BCUT2D eigenvalue weighted by molar-refractivity contribution is -0.137. The van der Waals surface area contributed by atoms with Crippen molar-refractivity contribution in [3.8, 4) is 0 Å². The molecule has 0 spiro atoms. The molecule has 1 saturated heterocycles. The molecule has 9 nitrogen and oxygen atoms in total. The first-order valence-electron chi connectivity index (χ1n) is 10.2. The number of halogens is 3. The summed E-state index contributed by atoms with van der Waals surface area (Å²) < 4.78 is 44.3. The number of carbonyl (C=O) groups excluding carboxylic acids is 3. The molecule has 0 unspecified atom stereocenters. The minimum absolute atomic E-state index is 0.00711. The van der Waals surface area contributed by atoms with Crippen LogP contribution in [0.5, 0.6) is 0 Å². The second kappa shape index (κ2) is 11.0. The van der Waals surface area contributed by atoms with E-state index >= 15 is 0 Å². The monoisotopic (exact) mass is 467 g/mol. The van der Waals surface area contributed by atoms with E-state index in [1.807, 2.05) is 4.90 Å². The van der Waals surface area contributed by atoms with Crippen LogP contribution in [-0.2, 0) is 22.3 Å². The minimum atomic E-state index is -4.56. The number of imide groups is 1. The van der Waals surface area contributed by atoms with Crippen molar-refractivity contribution in [2.24, 2.45) is 0 Å². The molecule has 1 aromatic carbocycles. The number of piperazine rings is 1. The van der Waals surface area contributed by atoms with Crippen molar-refractivity contribution in [3.63, 3.8) is 0 Å². The van der Waals surface area contributed by atoms with Gasteiger partial charge in [-0.1, -0.05) is 12.1 Å². The standard InChI is InChI=1S/C21H24F3N5O4/c22-21(23,24)16-5-1-2-6-17(16)26-18(30)13-28-7-9-29(10-8-28)14-19(31)27-20(32)25-12-15-4-3-11-33-15/h1-6,11H,7-10,12-14H2,(H,26,30)(H2,25,27,31,32). The van der Waals surface area contributed by atoms with E-state index in [1.165, 1.54) is 24.5 Å². The van der Waals surface area contributed by atoms with Crippen molar-refractivity contribution < 1.29 is 32.0 Å². The van der Waals surface area contributed by atoms with Crippen LogP contribution in [0.2, 0.25) is 0 Å². The number of urea groups is 1. The molecule has 0 radical (unpaired) electrons. The highest BCUT2D eigenvalue weighted by molar-refractivity contribution is 5.95. The maximum Gasteiger partial charge on any atom is 0.418 e. The summed E-state index contributed by atoms with van der Waals surface area (Å²) >= 11 is 0. The molecule has 12 heteroatoms. The number of nitrogens with one attached hydrogen (secondary N) is 3. The van der Waals surface area contributed by atoms with Gasteiger partial charge in [0.15, 0.2) is 0 Å². The molecular weight excluding hydrogens is 443 g/mol. The summed E-state index contributed by atoms with van der Waals surface area (Å²) in [6.45, 7) is 1.93. The number of anilines is 1. The highest BCUT2D eigenvalue weighted by Crippen LogP contribution is 2.34. The van der Waals surface area contributed by atoms with E-state index < -0.39 is 29.6 Å². The van der Waals surface area contributed by atoms with E-state index in [0.717, 1.165) is 6.07 Å². The lowest BCUT2D eigenvalue weighted by Crippen LogP contribution is -2.52. The van der Waals surface area contributed by atoms with Crippen LogP contribution in [0.1, 0.15) is 11.3 Å². The number of alkyl halides is 3. The molecule has 0 bridgehead atoms. The SMILES string of the molecule is O=C(CN1CCN(CC(=O)Nc2ccccc2C(F)(F)F)CC1)NC(=O)NCc1ccco1. The fourth-order valence-corrected chi connectivity index (χ4v) is 3.33. The van der Waals surface area contributed by atoms with Crippen molar-refractivity contribution in [2.75, 3.05) is 44.6 Å². The molecule has 1 aliphatic heterocycles. The van der Waals surface area contributed by atoms with Gasteiger partial charge in [-0.25, -0.2) is 4.79 Å². The smallest absolute Gasteiger partial charge is 0.418 e. The molecule has 1 fully saturated rings. The van der Waals surface area contributed by atoms with Gasteiger partial charge in [0.1, 0.15) is 5.76 Å². The molecular formula is C21H24F3N5O4. The van der Waals surface area contributed by atoms with Gasteiger partial charge >= 0.3 is 12.2 Å². The number of nitrogens with zero attached hydrogens (tertiary/aromatic N) is 2. The number of hydrogen-bond donors (Lipinski definition) is 3. The molecule has 0 atom stereocenters. The molecule has 1 aliphatic rings. The Morgan fingerprint density at radius 2 is 1.55 bits per heavy atom. The van der Waals surface area contributed by atoms with Gasteiger partial charge in [0.2, 0.25) is 11.8 Å². The summed E-state index contributed by atoms with van der Waals surface area (Å²) in [6.07, 6.45) is -3.09.